The lowest BCUT2D eigenvalue weighted by atomic mass is 10.3. The Hall–Kier alpha value is -1.58. The molecule has 15 heavy (non-hydrogen) atoms. The van der Waals surface area contributed by atoms with E-state index in [1.165, 1.54) is 12.1 Å². The largest absolute Gasteiger partial charge is 0.325 e. The zero-order valence-electron chi connectivity index (χ0n) is 8.96. The Bertz CT molecular complexity index is 337. The van der Waals surface area contributed by atoms with Crippen LogP contribution in [0.1, 0.15) is 13.8 Å². The van der Waals surface area contributed by atoms with Gasteiger partial charge in [-0.15, -0.1) is 0 Å². The van der Waals surface area contributed by atoms with Gasteiger partial charge in [0.1, 0.15) is 5.82 Å². The molecule has 0 aliphatic rings. The van der Waals surface area contributed by atoms with Gasteiger partial charge in [0.05, 0.1) is 0 Å². The molecule has 0 heterocycles. The Morgan fingerprint density at radius 3 is 2.60 bits per heavy atom. The van der Waals surface area contributed by atoms with Crippen LogP contribution in [0.2, 0.25) is 0 Å². The van der Waals surface area contributed by atoms with Crippen molar-refractivity contribution in [1.29, 1.82) is 0 Å². The summed E-state index contributed by atoms with van der Waals surface area (Å²) in [7, 11) is 0. The second kappa shape index (κ2) is 5.34. The van der Waals surface area contributed by atoms with Crippen LogP contribution >= 0.6 is 0 Å². The normalized spacial score (nSPS) is 9.80. The smallest absolute Gasteiger partial charge is 0.321 e. The molecule has 0 aliphatic heterocycles. The van der Waals surface area contributed by atoms with E-state index in [9.17, 15) is 9.18 Å². The lowest BCUT2D eigenvalue weighted by molar-refractivity contribution is 0.217. The second-order valence-electron chi connectivity index (χ2n) is 3.11. The molecular weight excluding hydrogens is 195 g/mol. The van der Waals surface area contributed by atoms with Gasteiger partial charge in [-0.2, -0.15) is 0 Å². The second-order valence-corrected chi connectivity index (χ2v) is 3.11. The van der Waals surface area contributed by atoms with Crippen molar-refractivity contribution >= 4 is 11.7 Å². The number of carbonyl (C=O) groups excluding carboxylic acids is 1. The standard InChI is InChI=1S/C11H15FN2O/c1-3-14(4-2)11(15)13-10-7-5-6-9(12)8-10/h5-8H,3-4H2,1-2H3,(H,13,15). The topological polar surface area (TPSA) is 32.3 Å². The Kier molecular flexibility index (Phi) is 4.09. The summed E-state index contributed by atoms with van der Waals surface area (Å²) in [6, 6.07) is 5.65. The van der Waals surface area contributed by atoms with E-state index in [0.717, 1.165) is 0 Å². The maximum absolute atomic E-state index is 12.8. The molecule has 3 nitrogen and oxygen atoms in total. The Labute approximate surface area is 88.9 Å². The molecule has 0 unspecified atom stereocenters. The first-order valence-corrected chi connectivity index (χ1v) is 4.98. The zero-order chi connectivity index (χ0) is 11.3. The molecule has 0 bridgehead atoms. The Morgan fingerprint density at radius 2 is 2.07 bits per heavy atom. The van der Waals surface area contributed by atoms with Crippen molar-refractivity contribution in [3.05, 3.63) is 30.1 Å². The molecule has 2 amide bonds. The minimum absolute atomic E-state index is 0.203. The highest BCUT2D eigenvalue weighted by molar-refractivity contribution is 5.89. The van der Waals surface area contributed by atoms with Crippen molar-refractivity contribution in [2.75, 3.05) is 18.4 Å². The SMILES string of the molecule is CCN(CC)C(=O)Nc1cccc(F)c1. The Balaban J connectivity index is 2.65. The maximum atomic E-state index is 12.8. The lowest BCUT2D eigenvalue weighted by Crippen LogP contribution is -2.34. The molecule has 0 aromatic heterocycles. The van der Waals surface area contributed by atoms with Crippen molar-refractivity contribution in [3.63, 3.8) is 0 Å². The van der Waals surface area contributed by atoms with Gasteiger partial charge in [0.2, 0.25) is 0 Å². The molecule has 0 spiro atoms. The predicted molar refractivity (Wildman–Crippen MR) is 58.3 cm³/mol. The lowest BCUT2D eigenvalue weighted by Gasteiger charge is -2.19. The van der Waals surface area contributed by atoms with Gasteiger partial charge in [-0.25, -0.2) is 9.18 Å². The highest BCUT2D eigenvalue weighted by Crippen LogP contribution is 2.09. The third-order valence-corrected chi connectivity index (χ3v) is 2.13. The molecular formula is C11H15FN2O. The summed E-state index contributed by atoms with van der Waals surface area (Å²) >= 11 is 0. The first kappa shape index (κ1) is 11.5. The number of hydrogen-bond donors (Lipinski definition) is 1. The van der Waals surface area contributed by atoms with Gasteiger partial charge >= 0.3 is 6.03 Å². The van der Waals surface area contributed by atoms with Gasteiger partial charge in [-0.1, -0.05) is 6.07 Å². The van der Waals surface area contributed by atoms with Crippen LogP contribution in [0.25, 0.3) is 0 Å². The van der Waals surface area contributed by atoms with Crippen LogP contribution in [-0.2, 0) is 0 Å². The number of nitrogens with zero attached hydrogens (tertiary/aromatic N) is 1. The molecule has 1 N–H and O–H groups in total. The van der Waals surface area contributed by atoms with Crippen LogP contribution in [0.5, 0.6) is 0 Å². The van der Waals surface area contributed by atoms with Crippen molar-refractivity contribution in [2.45, 2.75) is 13.8 Å². The number of urea groups is 1. The van der Waals surface area contributed by atoms with Crippen LogP contribution in [0.15, 0.2) is 24.3 Å². The summed E-state index contributed by atoms with van der Waals surface area (Å²) < 4.78 is 12.8. The molecule has 1 rings (SSSR count). The molecule has 0 radical (unpaired) electrons. The van der Waals surface area contributed by atoms with E-state index in [2.05, 4.69) is 5.32 Å². The van der Waals surface area contributed by atoms with E-state index in [4.69, 9.17) is 0 Å². The van der Waals surface area contributed by atoms with E-state index in [-0.39, 0.29) is 11.8 Å². The molecule has 0 fully saturated rings. The third kappa shape index (κ3) is 3.23. The first-order valence-electron chi connectivity index (χ1n) is 4.98. The van der Waals surface area contributed by atoms with Crippen LogP contribution in [0, 0.1) is 5.82 Å². The molecule has 4 heteroatoms. The van der Waals surface area contributed by atoms with Crippen molar-refractivity contribution in [2.24, 2.45) is 0 Å². The number of benzene rings is 1. The van der Waals surface area contributed by atoms with E-state index in [1.807, 2.05) is 13.8 Å². The molecule has 0 saturated heterocycles. The van der Waals surface area contributed by atoms with Crippen molar-refractivity contribution < 1.29 is 9.18 Å². The number of hydrogen-bond acceptors (Lipinski definition) is 1. The average molecular weight is 210 g/mol. The fourth-order valence-corrected chi connectivity index (χ4v) is 1.28. The van der Waals surface area contributed by atoms with Gasteiger partial charge in [-0.05, 0) is 32.0 Å². The van der Waals surface area contributed by atoms with E-state index in [0.29, 0.717) is 18.8 Å². The van der Waals surface area contributed by atoms with Crippen LogP contribution < -0.4 is 5.32 Å². The van der Waals surface area contributed by atoms with Gasteiger partial charge in [0, 0.05) is 18.8 Å². The maximum Gasteiger partial charge on any atom is 0.321 e. The molecule has 82 valence electrons. The minimum Gasteiger partial charge on any atom is -0.325 e. The summed E-state index contributed by atoms with van der Waals surface area (Å²) in [5.41, 5.74) is 0.479. The predicted octanol–water partition coefficient (Wildman–Crippen LogP) is 2.70. The summed E-state index contributed by atoms with van der Waals surface area (Å²) in [4.78, 5) is 13.2. The molecule has 0 aliphatic carbocycles. The molecule has 1 aromatic rings. The van der Waals surface area contributed by atoms with E-state index >= 15 is 0 Å². The number of amides is 2. The highest BCUT2D eigenvalue weighted by Gasteiger charge is 2.08. The minimum atomic E-state index is -0.354. The van der Waals surface area contributed by atoms with Gasteiger partial charge in [0.25, 0.3) is 0 Å². The van der Waals surface area contributed by atoms with Crippen LogP contribution in [0.3, 0.4) is 0 Å². The zero-order valence-corrected chi connectivity index (χ0v) is 8.96. The summed E-state index contributed by atoms with van der Waals surface area (Å²) in [5, 5.41) is 2.63. The molecule has 1 aromatic carbocycles. The average Bonchev–Trinajstić information content (AvgIpc) is 2.19. The summed E-state index contributed by atoms with van der Waals surface area (Å²) in [5.74, 6) is -0.354. The van der Waals surface area contributed by atoms with Gasteiger partial charge in [-0.3, -0.25) is 0 Å². The monoisotopic (exact) mass is 210 g/mol. The number of carbonyl (C=O) groups is 1. The number of rotatable bonds is 3. The quantitative estimate of drug-likeness (QED) is 0.817. The third-order valence-electron chi connectivity index (χ3n) is 2.13. The van der Waals surface area contributed by atoms with Gasteiger partial charge < -0.3 is 10.2 Å². The molecule has 0 atom stereocenters. The number of anilines is 1. The summed E-state index contributed by atoms with van der Waals surface area (Å²) in [6.07, 6.45) is 0. The van der Waals surface area contributed by atoms with E-state index < -0.39 is 0 Å². The number of nitrogens with one attached hydrogen (secondary N) is 1. The fraction of sp³-hybridized carbons (Fsp3) is 0.364. The van der Waals surface area contributed by atoms with Crippen molar-refractivity contribution in [3.8, 4) is 0 Å². The summed E-state index contributed by atoms with van der Waals surface area (Å²) in [6.45, 7) is 5.07. The van der Waals surface area contributed by atoms with Gasteiger partial charge in [0.15, 0.2) is 0 Å². The Morgan fingerprint density at radius 1 is 1.40 bits per heavy atom. The first-order chi connectivity index (χ1) is 7.17. The van der Waals surface area contributed by atoms with Crippen LogP contribution in [-0.4, -0.2) is 24.0 Å². The number of halogens is 1. The van der Waals surface area contributed by atoms with Crippen LogP contribution in [0.4, 0.5) is 14.9 Å². The highest BCUT2D eigenvalue weighted by atomic mass is 19.1. The van der Waals surface area contributed by atoms with E-state index in [1.54, 1.807) is 17.0 Å². The van der Waals surface area contributed by atoms with Crippen molar-refractivity contribution in [1.82, 2.24) is 4.90 Å². The fourth-order valence-electron chi connectivity index (χ4n) is 1.28. The molecule has 0 saturated carbocycles.